The molecule has 3 nitrogen and oxygen atoms in total. The molecule has 2 aromatic carbocycles. The van der Waals surface area contributed by atoms with E-state index in [0.717, 1.165) is 22.6 Å². The average molecular weight is 258 g/mol. The van der Waals surface area contributed by atoms with Crippen molar-refractivity contribution in [2.45, 2.75) is 12.5 Å². The van der Waals surface area contributed by atoms with E-state index in [1.807, 2.05) is 48.5 Å². The highest BCUT2D eigenvalue weighted by molar-refractivity contribution is 5.40. The maximum absolute atomic E-state index is 10.7. The van der Waals surface area contributed by atoms with Crippen LogP contribution in [0.5, 0.6) is 11.5 Å². The van der Waals surface area contributed by atoms with Gasteiger partial charge in [0.05, 0.1) is 14.2 Å². The fourth-order valence-electron chi connectivity index (χ4n) is 2.01. The summed E-state index contributed by atoms with van der Waals surface area (Å²) in [7, 11) is 3.23. The molecule has 0 aliphatic rings. The molecule has 0 aliphatic heterocycles. The molecule has 0 aliphatic carbocycles. The number of methoxy groups -OCH3 is 2. The molecule has 0 radical (unpaired) electrons. The van der Waals surface area contributed by atoms with E-state index < -0.39 is 5.60 Å². The second-order valence-corrected chi connectivity index (χ2v) is 4.53. The Labute approximate surface area is 113 Å². The number of hydrogen-bond donors (Lipinski definition) is 1. The number of benzene rings is 2. The highest BCUT2D eigenvalue weighted by Crippen LogP contribution is 2.31. The first-order valence-corrected chi connectivity index (χ1v) is 6.09. The Balaban J connectivity index is 2.38. The van der Waals surface area contributed by atoms with Gasteiger partial charge in [0, 0.05) is 0 Å². The fraction of sp³-hybridized carbons (Fsp3) is 0.250. The quantitative estimate of drug-likeness (QED) is 0.916. The highest BCUT2D eigenvalue weighted by atomic mass is 16.5. The predicted octanol–water partition coefficient (Wildman–Crippen LogP) is 2.96. The normalized spacial score (nSPS) is 13.7. The third-order valence-corrected chi connectivity index (χ3v) is 3.28. The van der Waals surface area contributed by atoms with E-state index >= 15 is 0 Å². The summed E-state index contributed by atoms with van der Waals surface area (Å²) >= 11 is 0. The number of aliphatic hydroxyl groups is 1. The van der Waals surface area contributed by atoms with E-state index in [1.165, 1.54) is 0 Å². The van der Waals surface area contributed by atoms with Crippen LogP contribution in [0.25, 0.3) is 0 Å². The lowest BCUT2D eigenvalue weighted by Gasteiger charge is -2.25. The Hall–Kier alpha value is -2.00. The molecule has 0 aromatic heterocycles. The second-order valence-electron chi connectivity index (χ2n) is 4.53. The summed E-state index contributed by atoms with van der Waals surface area (Å²) in [5, 5.41) is 10.7. The summed E-state index contributed by atoms with van der Waals surface area (Å²) in [6, 6.07) is 14.8. The molecule has 0 saturated carbocycles. The van der Waals surface area contributed by atoms with Gasteiger partial charge in [0.1, 0.15) is 17.1 Å². The van der Waals surface area contributed by atoms with E-state index in [-0.39, 0.29) is 0 Å². The number of rotatable bonds is 4. The predicted molar refractivity (Wildman–Crippen MR) is 74.7 cm³/mol. The van der Waals surface area contributed by atoms with Crippen molar-refractivity contribution in [2.75, 3.05) is 14.2 Å². The Morgan fingerprint density at radius 3 is 2.05 bits per heavy atom. The Kier molecular flexibility index (Phi) is 3.76. The first-order chi connectivity index (χ1) is 9.07. The molecule has 1 atom stereocenters. The minimum Gasteiger partial charge on any atom is -0.497 e. The molecule has 0 bridgehead atoms. The first-order valence-electron chi connectivity index (χ1n) is 6.09. The summed E-state index contributed by atoms with van der Waals surface area (Å²) in [4.78, 5) is 0. The van der Waals surface area contributed by atoms with Gasteiger partial charge in [0.15, 0.2) is 0 Å². The molecule has 2 aromatic rings. The topological polar surface area (TPSA) is 38.7 Å². The average Bonchev–Trinajstić information content (AvgIpc) is 2.47. The zero-order valence-electron chi connectivity index (χ0n) is 11.4. The molecular formula is C16H18O3. The second kappa shape index (κ2) is 5.33. The van der Waals surface area contributed by atoms with Crippen LogP contribution >= 0.6 is 0 Å². The molecule has 0 amide bonds. The summed E-state index contributed by atoms with van der Waals surface area (Å²) in [6.07, 6.45) is 0. The third-order valence-electron chi connectivity index (χ3n) is 3.28. The molecular weight excluding hydrogens is 240 g/mol. The largest absolute Gasteiger partial charge is 0.497 e. The van der Waals surface area contributed by atoms with Crippen LogP contribution in [0.4, 0.5) is 0 Å². The van der Waals surface area contributed by atoms with Crippen molar-refractivity contribution in [1.29, 1.82) is 0 Å². The van der Waals surface area contributed by atoms with Crippen molar-refractivity contribution in [3.8, 4) is 11.5 Å². The zero-order chi connectivity index (χ0) is 13.9. The maximum atomic E-state index is 10.7. The van der Waals surface area contributed by atoms with Gasteiger partial charge in [-0.3, -0.25) is 0 Å². The minimum absolute atomic E-state index is 0.728. The van der Waals surface area contributed by atoms with Gasteiger partial charge < -0.3 is 14.6 Å². The van der Waals surface area contributed by atoms with Crippen LogP contribution in [0, 0.1) is 0 Å². The fourth-order valence-corrected chi connectivity index (χ4v) is 2.01. The van der Waals surface area contributed by atoms with Crippen molar-refractivity contribution in [3.63, 3.8) is 0 Å². The SMILES string of the molecule is COc1ccc([C@](C)(O)c2cccc(OC)c2)cc1. The van der Waals surface area contributed by atoms with E-state index in [2.05, 4.69) is 0 Å². The first kappa shape index (κ1) is 13.4. The van der Waals surface area contributed by atoms with E-state index in [4.69, 9.17) is 9.47 Å². The molecule has 3 heteroatoms. The third kappa shape index (κ3) is 2.71. The van der Waals surface area contributed by atoms with Gasteiger partial charge in [0.25, 0.3) is 0 Å². The highest BCUT2D eigenvalue weighted by Gasteiger charge is 2.25. The molecule has 19 heavy (non-hydrogen) atoms. The Morgan fingerprint density at radius 2 is 1.47 bits per heavy atom. The van der Waals surface area contributed by atoms with Crippen molar-refractivity contribution in [1.82, 2.24) is 0 Å². The smallest absolute Gasteiger partial charge is 0.119 e. The molecule has 100 valence electrons. The van der Waals surface area contributed by atoms with Crippen LogP contribution in [0.1, 0.15) is 18.1 Å². The van der Waals surface area contributed by atoms with Gasteiger partial charge in [0.2, 0.25) is 0 Å². The van der Waals surface area contributed by atoms with Crippen LogP contribution < -0.4 is 9.47 Å². The van der Waals surface area contributed by atoms with Gasteiger partial charge in [-0.1, -0.05) is 24.3 Å². The summed E-state index contributed by atoms with van der Waals surface area (Å²) < 4.78 is 10.3. The van der Waals surface area contributed by atoms with Gasteiger partial charge >= 0.3 is 0 Å². The van der Waals surface area contributed by atoms with Crippen LogP contribution in [0.2, 0.25) is 0 Å². The van der Waals surface area contributed by atoms with Gasteiger partial charge in [-0.05, 0) is 42.3 Å². The van der Waals surface area contributed by atoms with Gasteiger partial charge in [-0.15, -0.1) is 0 Å². The number of ether oxygens (including phenoxy) is 2. The maximum Gasteiger partial charge on any atom is 0.119 e. The van der Waals surface area contributed by atoms with Crippen LogP contribution in [0.15, 0.2) is 48.5 Å². The van der Waals surface area contributed by atoms with E-state index in [0.29, 0.717) is 0 Å². The Morgan fingerprint density at radius 1 is 0.842 bits per heavy atom. The lowest BCUT2D eigenvalue weighted by molar-refractivity contribution is 0.102. The molecule has 0 heterocycles. The Bertz CT molecular complexity index is 544. The standard InChI is InChI=1S/C16H18O3/c1-16(17,12-7-9-14(18-2)10-8-12)13-5-4-6-15(11-13)19-3/h4-11,17H,1-3H3/t16-/m0/s1. The van der Waals surface area contributed by atoms with Crippen molar-refractivity contribution in [3.05, 3.63) is 59.7 Å². The molecule has 0 fully saturated rings. The van der Waals surface area contributed by atoms with E-state index in [9.17, 15) is 5.11 Å². The molecule has 2 rings (SSSR count). The summed E-state index contributed by atoms with van der Waals surface area (Å²) in [6.45, 7) is 1.77. The van der Waals surface area contributed by atoms with Gasteiger partial charge in [-0.25, -0.2) is 0 Å². The number of hydrogen-bond acceptors (Lipinski definition) is 3. The molecule has 1 N–H and O–H groups in total. The lowest BCUT2D eigenvalue weighted by atomic mass is 9.88. The zero-order valence-corrected chi connectivity index (χ0v) is 11.4. The monoisotopic (exact) mass is 258 g/mol. The van der Waals surface area contributed by atoms with Crippen LogP contribution in [-0.2, 0) is 5.60 Å². The van der Waals surface area contributed by atoms with Crippen molar-refractivity contribution in [2.24, 2.45) is 0 Å². The van der Waals surface area contributed by atoms with Gasteiger partial charge in [-0.2, -0.15) is 0 Å². The molecule has 0 saturated heterocycles. The summed E-state index contributed by atoms with van der Waals surface area (Å²) in [5.74, 6) is 1.50. The van der Waals surface area contributed by atoms with Crippen LogP contribution in [-0.4, -0.2) is 19.3 Å². The van der Waals surface area contributed by atoms with Crippen molar-refractivity contribution >= 4 is 0 Å². The van der Waals surface area contributed by atoms with Crippen molar-refractivity contribution < 1.29 is 14.6 Å². The van der Waals surface area contributed by atoms with Crippen LogP contribution in [0.3, 0.4) is 0 Å². The molecule has 0 spiro atoms. The minimum atomic E-state index is -1.07. The molecule has 0 unspecified atom stereocenters. The van der Waals surface area contributed by atoms with E-state index in [1.54, 1.807) is 21.1 Å². The summed E-state index contributed by atoms with van der Waals surface area (Å²) in [5.41, 5.74) is 0.527. The lowest BCUT2D eigenvalue weighted by Crippen LogP contribution is -2.22.